The summed E-state index contributed by atoms with van der Waals surface area (Å²) in [5.74, 6) is -0.0189. The maximum absolute atomic E-state index is 12.6. The molecule has 1 amide bonds. The molecule has 0 spiro atoms. The highest BCUT2D eigenvalue weighted by Crippen LogP contribution is 2.27. The molecule has 1 heterocycles. The molecule has 0 saturated carbocycles. The summed E-state index contributed by atoms with van der Waals surface area (Å²) in [5, 5.41) is 3.32. The molecule has 0 unspecified atom stereocenters. The molecule has 0 atom stereocenters. The average molecular weight is 381 g/mol. The van der Waals surface area contributed by atoms with E-state index in [1.54, 1.807) is 24.3 Å². The maximum atomic E-state index is 12.6. The van der Waals surface area contributed by atoms with Crippen LogP contribution in [0.15, 0.2) is 47.4 Å². The second kappa shape index (κ2) is 6.24. The zero-order valence-corrected chi connectivity index (χ0v) is 15.2. The van der Waals surface area contributed by atoms with Gasteiger partial charge in [-0.15, -0.1) is 0 Å². The van der Waals surface area contributed by atoms with Gasteiger partial charge in [0, 0.05) is 10.7 Å². The summed E-state index contributed by atoms with van der Waals surface area (Å²) in [7, 11) is -3.85. The van der Waals surface area contributed by atoms with Crippen molar-refractivity contribution in [3.05, 3.63) is 53.1 Å². The van der Waals surface area contributed by atoms with Gasteiger partial charge < -0.3 is 10.1 Å². The molecule has 2 aromatic rings. The lowest BCUT2D eigenvalue weighted by Crippen LogP contribution is -2.45. The first-order chi connectivity index (χ1) is 11.7. The molecule has 0 radical (unpaired) electrons. The predicted octanol–water partition coefficient (Wildman–Crippen LogP) is 3.04. The number of anilines is 1. The van der Waals surface area contributed by atoms with Gasteiger partial charge in [0.2, 0.25) is 0 Å². The Morgan fingerprint density at radius 3 is 2.52 bits per heavy atom. The molecular formula is C17H17ClN2O4S. The van der Waals surface area contributed by atoms with Gasteiger partial charge in [0.25, 0.3) is 15.9 Å². The van der Waals surface area contributed by atoms with Crippen LogP contribution in [0, 0.1) is 0 Å². The second-order valence-electron chi connectivity index (χ2n) is 6.40. The minimum atomic E-state index is -3.85. The van der Waals surface area contributed by atoms with Crippen LogP contribution in [0.3, 0.4) is 0 Å². The quantitative estimate of drug-likeness (QED) is 0.857. The molecule has 1 aliphatic rings. The van der Waals surface area contributed by atoms with Crippen LogP contribution in [-0.2, 0) is 10.0 Å². The van der Waals surface area contributed by atoms with Crippen molar-refractivity contribution in [3.8, 4) is 5.75 Å². The number of rotatable bonds is 3. The minimum absolute atomic E-state index is 0.0281. The van der Waals surface area contributed by atoms with Crippen LogP contribution < -0.4 is 14.8 Å². The zero-order valence-electron chi connectivity index (χ0n) is 13.7. The fourth-order valence-corrected chi connectivity index (χ4v) is 3.59. The predicted molar refractivity (Wildman–Crippen MR) is 95.7 cm³/mol. The first-order valence-corrected chi connectivity index (χ1v) is 9.40. The molecule has 0 fully saturated rings. The van der Waals surface area contributed by atoms with Gasteiger partial charge in [-0.05, 0) is 56.3 Å². The lowest BCUT2D eigenvalue weighted by atomic mass is 10.1. The fourth-order valence-electron chi connectivity index (χ4n) is 2.38. The number of hydrogen-bond acceptors (Lipinski definition) is 4. The Labute approximate surface area is 151 Å². The van der Waals surface area contributed by atoms with Crippen LogP contribution in [0.2, 0.25) is 5.02 Å². The van der Waals surface area contributed by atoms with Crippen molar-refractivity contribution in [1.29, 1.82) is 0 Å². The van der Waals surface area contributed by atoms with Crippen LogP contribution in [0.5, 0.6) is 5.75 Å². The van der Waals surface area contributed by atoms with E-state index >= 15 is 0 Å². The summed E-state index contributed by atoms with van der Waals surface area (Å²) in [6, 6.07) is 10.5. The van der Waals surface area contributed by atoms with Crippen molar-refractivity contribution < 1.29 is 17.9 Å². The molecule has 25 heavy (non-hydrogen) atoms. The Morgan fingerprint density at radius 2 is 1.84 bits per heavy atom. The Kier molecular flexibility index (Phi) is 4.38. The third kappa shape index (κ3) is 3.88. The molecule has 8 heteroatoms. The third-order valence-electron chi connectivity index (χ3n) is 3.64. The number of amides is 1. The number of hydrogen-bond donors (Lipinski definition) is 2. The lowest BCUT2D eigenvalue weighted by Gasteiger charge is -2.22. The molecule has 1 aliphatic heterocycles. The molecular weight excluding hydrogens is 364 g/mol. The first-order valence-electron chi connectivity index (χ1n) is 7.54. The van der Waals surface area contributed by atoms with Crippen molar-refractivity contribution in [2.75, 3.05) is 11.3 Å². The topological polar surface area (TPSA) is 84.5 Å². The van der Waals surface area contributed by atoms with Gasteiger partial charge in [0.15, 0.2) is 0 Å². The van der Waals surface area contributed by atoms with Crippen LogP contribution in [0.4, 0.5) is 5.69 Å². The maximum Gasteiger partial charge on any atom is 0.261 e. The van der Waals surface area contributed by atoms with E-state index in [4.69, 9.17) is 16.3 Å². The van der Waals surface area contributed by atoms with Crippen molar-refractivity contribution in [1.82, 2.24) is 5.32 Å². The van der Waals surface area contributed by atoms with E-state index in [0.29, 0.717) is 23.1 Å². The highest BCUT2D eigenvalue weighted by molar-refractivity contribution is 7.92. The number of carbonyl (C=O) groups excluding carboxylic acids is 1. The number of ether oxygens (including phenoxy) is 1. The molecule has 2 aromatic carbocycles. The third-order valence-corrected chi connectivity index (χ3v) is 5.27. The number of sulfonamides is 1. The van der Waals surface area contributed by atoms with Crippen molar-refractivity contribution in [2.24, 2.45) is 0 Å². The van der Waals surface area contributed by atoms with Gasteiger partial charge in [0.05, 0.1) is 16.0 Å². The SMILES string of the molecule is CC1(C)COc2ccc(S(=O)(=O)Nc3ccc(Cl)cc3)cc2C(=O)N1. The standard InChI is InChI=1S/C17H17ClN2O4S/c1-17(2)10-24-15-8-7-13(9-14(15)16(21)19-17)25(22,23)20-12-5-3-11(18)4-6-12/h3-9,20H,10H2,1-2H3,(H,19,21). The van der Waals surface area contributed by atoms with E-state index < -0.39 is 15.6 Å². The number of fused-ring (bicyclic) bond motifs is 1. The van der Waals surface area contributed by atoms with Gasteiger partial charge >= 0.3 is 0 Å². The smallest absolute Gasteiger partial charge is 0.261 e. The van der Waals surface area contributed by atoms with Crippen LogP contribution in [-0.4, -0.2) is 26.5 Å². The number of nitrogens with one attached hydrogen (secondary N) is 2. The van der Waals surface area contributed by atoms with Crippen LogP contribution in [0.1, 0.15) is 24.2 Å². The number of benzene rings is 2. The van der Waals surface area contributed by atoms with Gasteiger partial charge in [0.1, 0.15) is 12.4 Å². The number of carbonyl (C=O) groups is 1. The van der Waals surface area contributed by atoms with Gasteiger partial charge in [-0.2, -0.15) is 0 Å². The van der Waals surface area contributed by atoms with Crippen molar-refractivity contribution >= 4 is 33.2 Å². The molecule has 3 rings (SSSR count). The Morgan fingerprint density at radius 1 is 1.16 bits per heavy atom. The summed E-state index contributed by atoms with van der Waals surface area (Å²) in [6.45, 7) is 3.95. The fraction of sp³-hybridized carbons (Fsp3) is 0.235. The van der Waals surface area contributed by atoms with Gasteiger partial charge in [-0.1, -0.05) is 11.6 Å². The number of halogens is 1. The van der Waals surface area contributed by atoms with E-state index in [1.807, 2.05) is 13.8 Å². The second-order valence-corrected chi connectivity index (χ2v) is 8.52. The van der Waals surface area contributed by atoms with Crippen LogP contribution >= 0.6 is 11.6 Å². The molecule has 0 aromatic heterocycles. The van der Waals surface area contributed by atoms with E-state index in [9.17, 15) is 13.2 Å². The summed E-state index contributed by atoms with van der Waals surface area (Å²) in [4.78, 5) is 12.3. The average Bonchev–Trinajstić information content (AvgIpc) is 2.65. The Bertz CT molecular complexity index is 924. The van der Waals surface area contributed by atoms with E-state index in [2.05, 4.69) is 10.0 Å². The lowest BCUT2D eigenvalue weighted by molar-refractivity contribution is 0.0909. The monoisotopic (exact) mass is 380 g/mol. The van der Waals surface area contributed by atoms with Gasteiger partial charge in [-0.25, -0.2) is 8.42 Å². The molecule has 0 saturated heterocycles. The zero-order chi connectivity index (χ0) is 18.2. The van der Waals surface area contributed by atoms with E-state index in [-0.39, 0.29) is 16.4 Å². The van der Waals surface area contributed by atoms with Crippen LogP contribution in [0.25, 0.3) is 0 Å². The van der Waals surface area contributed by atoms with Crippen molar-refractivity contribution in [2.45, 2.75) is 24.3 Å². The van der Waals surface area contributed by atoms with E-state index in [0.717, 1.165) is 0 Å². The summed E-state index contributed by atoms with van der Waals surface area (Å²) >= 11 is 5.80. The molecule has 132 valence electrons. The molecule has 0 aliphatic carbocycles. The normalized spacial score (nSPS) is 16.2. The van der Waals surface area contributed by atoms with Crippen molar-refractivity contribution in [3.63, 3.8) is 0 Å². The summed E-state index contributed by atoms with van der Waals surface area (Å²) in [5.41, 5.74) is 0.0159. The Balaban J connectivity index is 1.93. The summed E-state index contributed by atoms with van der Waals surface area (Å²) < 4.78 is 33.2. The highest BCUT2D eigenvalue weighted by Gasteiger charge is 2.29. The minimum Gasteiger partial charge on any atom is -0.490 e. The van der Waals surface area contributed by atoms with Gasteiger partial charge in [-0.3, -0.25) is 9.52 Å². The highest BCUT2D eigenvalue weighted by atomic mass is 35.5. The van der Waals surface area contributed by atoms with E-state index in [1.165, 1.54) is 18.2 Å². The molecule has 2 N–H and O–H groups in total. The Hall–Kier alpha value is -2.25. The molecule has 0 bridgehead atoms. The largest absolute Gasteiger partial charge is 0.490 e. The summed E-state index contributed by atoms with van der Waals surface area (Å²) in [6.07, 6.45) is 0. The molecule has 6 nitrogen and oxygen atoms in total. The first kappa shape index (κ1) is 17.6.